The second-order valence-electron chi connectivity index (χ2n) is 8.89. The lowest BCUT2D eigenvalue weighted by atomic mass is 9.87. The molecule has 0 spiro atoms. The molecule has 1 aromatic carbocycles. The zero-order chi connectivity index (χ0) is 17.8. The first-order valence-corrected chi connectivity index (χ1v) is 11.0. The van der Waals surface area contributed by atoms with Gasteiger partial charge in [0.2, 0.25) is 0 Å². The number of hydrogen-bond donors (Lipinski definition) is 0. The molecular formula is C22H34N2S. The van der Waals surface area contributed by atoms with E-state index >= 15 is 0 Å². The summed E-state index contributed by atoms with van der Waals surface area (Å²) in [6.45, 7) is 6.82. The molecule has 25 heavy (non-hydrogen) atoms. The molecule has 0 unspecified atom stereocenters. The lowest BCUT2D eigenvalue weighted by Gasteiger charge is -2.32. The molecule has 3 heteroatoms. The minimum absolute atomic E-state index is 0.0149. The maximum Gasteiger partial charge on any atom is 0.131 e. The Balaban J connectivity index is 1.72. The second-order valence-corrected chi connectivity index (χ2v) is 10.3. The average Bonchev–Trinajstić information content (AvgIpc) is 2.62. The summed E-state index contributed by atoms with van der Waals surface area (Å²) < 4.78 is 0. The van der Waals surface area contributed by atoms with E-state index < -0.39 is 0 Å². The lowest BCUT2D eigenvalue weighted by Crippen LogP contribution is -2.25. The molecule has 0 saturated heterocycles. The Labute approximate surface area is 158 Å². The third kappa shape index (κ3) is 5.32. The fourth-order valence-corrected chi connectivity index (χ4v) is 5.24. The maximum absolute atomic E-state index is 4.99. The molecule has 3 rings (SSSR count). The van der Waals surface area contributed by atoms with E-state index in [0.29, 0.717) is 6.04 Å². The highest BCUT2D eigenvalue weighted by Crippen LogP contribution is 2.45. The monoisotopic (exact) mass is 358 g/mol. The van der Waals surface area contributed by atoms with Crippen molar-refractivity contribution in [3.05, 3.63) is 29.8 Å². The van der Waals surface area contributed by atoms with Crippen LogP contribution in [0.5, 0.6) is 0 Å². The van der Waals surface area contributed by atoms with E-state index in [-0.39, 0.29) is 10.3 Å². The molecule has 0 aromatic heterocycles. The van der Waals surface area contributed by atoms with E-state index in [9.17, 15) is 0 Å². The summed E-state index contributed by atoms with van der Waals surface area (Å²) in [4.78, 5) is 1.33. The first kappa shape index (κ1) is 18.9. The van der Waals surface area contributed by atoms with Crippen molar-refractivity contribution in [3.8, 4) is 0 Å². The van der Waals surface area contributed by atoms with Crippen LogP contribution in [0.1, 0.15) is 90.5 Å². The fourth-order valence-electron chi connectivity index (χ4n) is 3.95. The highest BCUT2D eigenvalue weighted by molar-refractivity contribution is 8.00. The van der Waals surface area contributed by atoms with Crippen molar-refractivity contribution in [3.63, 3.8) is 0 Å². The normalized spacial score (nSPS) is 22.4. The number of thioether (sulfide) groups is 1. The highest BCUT2D eigenvalue weighted by atomic mass is 32.2. The van der Waals surface area contributed by atoms with Crippen LogP contribution in [0, 0.1) is 0 Å². The summed E-state index contributed by atoms with van der Waals surface area (Å²) in [5.74, 6) is 0. The molecule has 138 valence electrons. The van der Waals surface area contributed by atoms with Gasteiger partial charge in [-0.1, -0.05) is 83.2 Å². The quantitative estimate of drug-likeness (QED) is 0.511. The van der Waals surface area contributed by atoms with Crippen molar-refractivity contribution in [1.82, 2.24) is 0 Å². The minimum Gasteiger partial charge on any atom is -0.189 e. The van der Waals surface area contributed by atoms with E-state index in [1.165, 1.54) is 74.7 Å². The molecule has 0 atom stereocenters. The van der Waals surface area contributed by atoms with Crippen molar-refractivity contribution in [2.75, 3.05) is 0 Å². The largest absolute Gasteiger partial charge is 0.189 e. The molecule has 0 radical (unpaired) electrons. The number of benzene rings is 1. The number of azo groups is 1. The van der Waals surface area contributed by atoms with Crippen molar-refractivity contribution in [2.45, 2.75) is 106 Å². The lowest BCUT2D eigenvalue weighted by molar-refractivity contribution is 0.368. The zero-order valence-corrected chi connectivity index (χ0v) is 17.1. The first-order valence-electron chi connectivity index (χ1n) is 10.2. The zero-order valence-electron chi connectivity index (χ0n) is 16.3. The third-order valence-electron chi connectivity index (χ3n) is 5.64. The number of hydrogen-bond acceptors (Lipinski definition) is 3. The van der Waals surface area contributed by atoms with Crippen LogP contribution in [0.25, 0.3) is 0 Å². The summed E-state index contributed by atoms with van der Waals surface area (Å²) in [5, 5.41) is 9.83. The molecule has 2 aliphatic rings. The Morgan fingerprint density at radius 2 is 1.48 bits per heavy atom. The van der Waals surface area contributed by atoms with Gasteiger partial charge in [0, 0.05) is 4.90 Å². The van der Waals surface area contributed by atoms with Crippen LogP contribution in [0.3, 0.4) is 0 Å². The summed E-state index contributed by atoms with van der Waals surface area (Å²) in [6.07, 6.45) is 12.8. The summed E-state index contributed by atoms with van der Waals surface area (Å²) in [7, 11) is 0. The molecule has 0 aliphatic heterocycles. The smallest absolute Gasteiger partial charge is 0.131 e. The van der Waals surface area contributed by atoms with E-state index in [2.05, 4.69) is 45.0 Å². The van der Waals surface area contributed by atoms with Crippen LogP contribution in [0.2, 0.25) is 0 Å². The van der Waals surface area contributed by atoms with Crippen LogP contribution >= 0.6 is 11.8 Å². The highest BCUT2D eigenvalue weighted by Gasteiger charge is 2.34. The van der Waals surface area contributed by atoms with E-state index in [4.69, 9.17) is 10.2 Å². The van der Waals surface area contributed by atoms with E-state index in [0.717, 1.165) is 0 Å². The van der Waals surface area contributed by atoms with Crippen LogP contribution in [0.4, 0.5) is 0 Å². The van der Waals surface area contributed by atoms with Gasteiger partial charge in [0.15, 0.2) is 0 Å². The van der Waals surface area contributed by atoms with Crippen LogP contribution < -0.4 is 0 Å². The van der Waals surface area contributed by atoms with Crippen molar-refractivity contribution in [1.29, 1.82) is 0 Å². The Morgan fingerprint density at radius 3 is 2.08 bits per heavy atom. The second kappa shape index (κ2) is 8.24. The molecular weight excluding hydrogens is 324 g/mol. The van der Waals surface area contributed by atoms with Crippen LogP contribution in [-0.2, 0) is 5.41 Å². The van der Waals surface area contributed by atoms with Gasteiger partial charge in [0.05, 0.1) is 6.04 Å². The fraction of sp³-hybridized carbons (Fsp3) is 0.727. The number of nitrogens with zero attached hydrogens (tertiary/aromatic N) is 2. The SMILES string of the molecule is CC(C)(C)c1ccc(SC2(N=NC3CCCCC3)CCCCC2)cc1. The van der Waals surface area contributed by atoms with E-state index in [1.807, 2.05) is 11.8 Å². The minimum atomic E-state index is -0.0149. The summed E-state index contributed by atoms with van der Waals surface area (Å²) in [5.41, 5.74) is 1.62. The summed E-state index contributed by atoms with van der Waals surface area (Å²) >= 11 is 1.96. The predicted octanol–water partition coefficient (Wildman–Crippen LogP) is 7.52. The maximum atomic E-state index is 4.99. The Hall–Kier alpha value is -0.830. The average molecular weight is 359 g/mol. The van der Waals surface area contributed by atoms with Gasteiger partial charge in [-0.2, -0.15) is 10.2 Å². The molecule has 2 aliphatic carbocycles. The van der Waals surface area contributed by atoms with Gasteiger partial charge in [0.1, 0.15) is 4.87 Å². The van der Waals surface area contributed by atoms with Crippen molar-refractivity contribution >= 4 is 11.8 Å². The first-order chi connectivity index (χ1) is 12.0. The Kier molecular flexibility index (Phi) is 6.25. The molecule has 0 heterocycles. The summed E-state index contributed by atoms with van der Waals surface area (Å²) in [6, 6.07) is 9.64. The molecule has 0 amide bonds. The Morgan fingerprint density at radius 1 is 0.880 bits per heavy atom. The van der Waals surface area contributed by atoms with Gasteiger partial charge >= 0.3 is 0 Å². The van der Waals surface area contributed by atoms with Crippen LogP contribution in [-0.4, -0.2) is 10.9 Å². The molecule has 0 N–H and O–H groups in total. The molecule has 2 fully saturated rings. The van der Waals surface area contributed by atoms with Gasteiger partial charge in [-0.3, -0.25) is 0 Å². The molecule has 1 aromatic rings. The van der Waals surface area contributed by atoms with Gasteiger partial charge in [-0.15, -0.1) is 0 Å². The predicted molar refractivity (Wildman–Crippen MR) is 109 cm³/mol. The van der Waals surface area contributed by atoms with Gasteiger partial charge in [0.25, 0.3) is 0 Å². The third-order valence-corrected chi connectivity index (χ3v) is 7.02. The van der Waals surface area contributed by atoms with Crippen molar-refractivity contribution < 1.29 is 0 Å². The van der Waals surface area contributed by atoms with Gasteiger partial charge < -0.3 is 0 Å². The van der Waals surface area contributed by atoms with E-state index in [1.54, 1.807) is 0 Å². The standard InChI is InChI=1S/C22H34N2S/c1-21(2,3)18-12-14-20(15-13-18)25-22(16-8-5-9-17-22)24-23-19-10-6-4-7-11-19/h12-15,19H,4-11,16-17H2,1-3H3. The molecule has 2 saturated carbocycles. The molecule has 0 bridgehead atoms. The molecule has 2 nitrogen and oxygen atoms in total. The number of rotatable bonds is 4. The van der Waals surface area contributed by atoms with Gasteiger partial charge in [-0.25, -0.2) is 0 Å². The van der Waals surface area contributed by atoms with Gasteiger partial charge in [-0.05, 0) is 48.8 Å². The topological polar surface area (TPSA) is 24.7 Å². The Bertz CT molecular complexity index is 559. The van der Waals surface area contributed by atoms with Crippen LogP contribution in [0.15, 0.2) is 39.4 Å². The van der Waals surface area contributed by atoms with Crippen molar-refractivity contribution in [2.24, 2.45) is 10.2 Å².